The van der Waals surface area contributed by atoms with Crippen LogP contribution in [-0.2, 0) is 10.0 Å². The van der Waals surface area contributed by atoms with Crippen molar-refractivity contribution in [1.82, 2.24) is 4.31 Å². The molecule has 0 amide bonds. The van der Waals surface area contributed by atoms with Gasteiger partial charge in [0.1, 0.15) is 22.3 Å². The van der Waals surface area contributed by atoms with Crippen LogP contribution in [0.15, 0.2) is 23.1 Å². The molecular weight excluding hydrogens is 291 g/mol. The highest BCUT2D eigenvalue weighted by Gasteiger charge is 2.34. The fourth-order valence-corrected chi connectivity index (χ4v) is 4.74. The van der Waals surface area contributed by atoms with Gasteiger partial charge in [0.15, 0.2) is 0 Å². The summed E-state index contributed by atoms with van der Waals surface area (Å²) in [6.07, 6.45) is 4.31. The van der Waals surface area contributed by atoms with Crippen LogP contribution >= 0.6 is 0 Å². The van der Waals surface area contributed by atoms with Crippen molar-refractivity contribution < 1.29 is 12.8 Å². The highest BCUT2D eigenvalue weighted by atomic mass is 32.2. The van der Waals surface area contributed by atoms with E-state index in [2.05, 4.69) is 0 Å². The van der Waals surface area contributed by atoms with E-state index in [0.29, 0.717) is 6.54 Å². The van der Waals surface area contributed by atoms with Crippen molar-refractivity contribution in [2.24, 2.45) is 0 Å². The second-order valence-electron chi connectivity index (χ2n) is 5.28. The van der Waals surface area contributed by atoms with E-state index in [9.17, 15) is 12.8 Å². The number of halogens is 1. The predicted molar refractivity (Wildman–Crippen MR) is 77.6 cm³/mol. The molecule has 0 aromatic heterocycles. The van der Waals surface area contributed by atoms with Crippen LogP contribution in [0.1, 0.15) is 44.6 Å². The molecule has 0 radical (unpaired) electrons. The third-order valence-corrected chi connectivity index (χ3v) is 5.86. The minimum atomic E-state index is -3.83. The minimum absolute atomic E-state index is 0.0523. The van der Waals surface area contributed by atoms with Crippen LogP contribution in [0.3, 0.4) is 0 Å². The Balaban J connectivity index is 2.46. The molecule has 0 saturated carbocycles. The summed E-state index contributed by atoms with van der Waals surface area (Å²) in [5.41, 5.74) is -0.390. The van der Waals surface area contributed by atoms with E-state index in [-0.39, 0.29) is 10.9 Å². The molecule has 0 bridgehead atoms. The largest absolute Gasteiger partial charge is 0.244 e. The molecule has 1 heterocycles. The summed E-state index contributed by atoms with van der Waals surface area (Å²) < 4.78 is 40.8. The number of hydrogen-bond acceptors (Lipinski definition) is 3. The lowest BCUT2D eigenvalue weighted by molar-refractivity contribution is 0.239. The van der Waals surface area contributed by atoms with Crippen LogP contribution < -0.4 is 0 Å². The second kappa shape index (κ2) is 6.54. The Labute approximate surface area is 125 Å². The van der Waals surface area contributed by atoms with Crippen LogP contribution in [0.2, 0.25) is 0 Å². The fourth-order valence-electron chi connectivity index (χ4n) is 2.87. The van der Waals surface area contributed by atoms with Gasteiger partial charge in [-0.1, -0.05) is 25.8 Å². The highest BCUT2D eigenvalue weighted by Crippen LogP contribution is 2.29. The van der Waals surface area contributed by atoms with Crippen LogP contribution in [0.4, 0.5) is 4.39 Å². The van der Waals surface area contributed by atoms with Crippen LogP contribution in [0, 0.1) is 17.1 Å². The van der Waals surface area contributed by atoms with Gasteiger partial charge < -0.3 is 0 Å². The molecule has 0 spiro atoms. The van der Waals surface area contributed by atoms with Crippen molar-refractivity contribution in [2.45, 2.75) is 50.0 Å². The van der Waals surface area contributed by atoms with Crippen LogP contribution in [0.25, 0.3) is 0 Å². The molecule has 1 aromatic carbocycles. The van der Waals surface area contributed by atoms with Crippen molar-refractivity contribution in [3.63, 3.8) is 0 Å². The Kier molecular flexibility index (Phi) is 4.96. The molecule has 114 valence electrons. The predicted octanol–water partition coefficient (Wildman–Crippen LogP) is 3.04. The van der Waals surface area contributed by atoms with Crippen molar-refractivity contribution >= 4 is 10.0 Å². The van der Waals surface area contributed by atoms with E-state index < -0.39 is 21.4 Å². The van der Waals surface area contributed by atoms with Gasteiger partial charge in [0.2, 0.25) is 10.0 Å². The monoisotopic (exact) mass is 310 g/mol. The molecule has 2 rings (SSSR count). The Hall–Kier alpha value is -1.45. The summed E-state index contributed by atoms with van der Waals surface area (Å²) in [5, 5.41) is 9.06. The zero-order valence-electron chi connectivity index (χ0n) is 12.0. The normalized spacial score (nSPS) is 20.1. The van der Waals surface area contributed by atoms with Gasteiger partial charge in [0.25, 0.3) is 0 Å². The number of nitrogens with zero attached hydrogens (tertiary/aromatic N) is 2. The maximum absolute atomic E-state index is 13.7. The van der Waals surface area contributed by atoms with E-state index >= 15 is 0 Å². The summed E-state index contributed by atoms with van der Waals surface area (Å²) in [4.78, 5) is -0.215. The molecule has 1 aromatic rings. The molecule has 21 heavy (non-hydrogen) atoms. The van der Waals surface area contributed by atoms with Gasteiger partial charge in [0.05, 0.1) is 0 Å². The quantitative estimate of drug-likeness (QED) is 0.858. The zero-order valence-corrected chi connectivity index (χ0v) is 12.9. The number of piperidine rings is 1. The van der Waals surface area contributed by atoms with Crippen molar-refractivity contribution in [3.8, 4) is 6.07 Å². The molecule has 0 N–H and O–H groups in total. The first-order valence-corrected chi connectivity index (χ1v) is 8.66. The Morgan fingerprint density at radius 2 is 2.19 bits per heavy atom. The molecule has 1 saturated heterocycles. The third-order valence-electron chi connectivity index (χ3n) is 3.87. The van der Waals surface area contributed by atoms with Crippen molar-refractivity contribution in [3.05, 3.63) is 29.6 Å². The van der Waals surface area contributed by atoms with E-state index in [4.69, 9.17) is 5.26 Å². The molecule has 0 aliphatic carbocycles. The van der Waals surface area contributed by atoms with E-state index in [1.807, 2.05) is 6.92 Å². The molecular formula is C15H19FN2O2S. The molecule has 1 fully saturated rings. The standard InChI is InChI=1S/C15H19FN2O2S/c1-2-6-12-7-3-4-10-18(12)21(19,20)15-9-5-8-14(16)13(15)11-17/h5,8-9,12H,2-4,6-7,10H2,1H3. The number of sulfonamides is 1. The summed E-state index contributed by atoms with van der Waals surface area (Å²) in [7, 11) is -3.83. The van der Waals surface area contributed by atoms with Gasteiger partial charge in [-0.2, -0.15) is 9.57 Å². The van der Waals surface area contributed by atoms with Crippen molar-refractivity contribution in [1.29, 1.82) is 5.26 Å². The van der Waals surface area contributed by atoms with E-state index in [1.165, 1.54) is 16.4 Å². The minimum Gasteiger partial charge on any atom is -0.207 e. The Morgan fingerprint density at radius 3 is 2.86 bits per heavy atom. The molecule has 1 aliphatic heterocycles. The van der Waals surface area contributed by atoms with Gasteiger partial charge in [-0.15, -0.1) is 0 Å². The lowest BCUT2D eigenvalue weighted by Crippen LogP contribution is -2.43. The molecule has 4 nitrogen and oxygen atoms in total. The lowest BCUT2D eigenvalue weighted by Gasteiger charge is -2.34. The van der Waals surface area contributed by atoms with Gasteiger partial charge >= 0.3 is 0 Å². The SMILES string of the molecule is CCCC1CCCCN1S(=O)(=O)c1cccc(F)c1C#N. The van der Waals surface area contributed by atoms with E-state index in [0.717, 1.165) is 38.2 Å². The summed E-state index contributed by atoms with van der Waals surface area (Å²) in [6, 6.07) is 5.38. The second-order valence-corrected chi connectivity index (χ2v) is 7.14. The first-order chi connectivity index (χ1) is 10.0. The smallest absolute Gasteiger partial charge is 0.207 e. The number of nitriles is 1. The summed E-state index contributed by atoms with van der Waals surface area (Å²) in [5.74, 6) is -0.789. The zero-order chi connectivity index (χ0) is 15.5. The maximum atomic E-state index is 13.7. The number of rotatable bonds is 4. The fraction of sp³-hybridized carbons (Fsp3) is 0.533. The van der Waals surface area contributed by atoms with Gasteiger partial charge in [-0.25, -0.2) is 12.8 Å². The first kappa shape index (κ1) is 15.9. The Bertz CT molecular complexity index is 650. The van der Waals surface area contributed by atoms with E-state index in [1.54, 1.807) is 6.07 Å². The van der Waals surface area contributed by atoms with Crippen LogP contribution in [0.5, 0.6) is 0 Å². The average Bonchev–Trinajstić information content (AvgIpc) is 2.47. The highest BCUT2D eigenvalue weighted by molar-refractivity contribution is 7.89. The summed E-state index contributed by atoms with van der Waals surface area (Å²) >= 11 is 0. The van der Waals surface area contributed by atoms with Crippen molar-refractivity contribution in [2.75, 3.05) is 6.54 Å². The summed E-state index contributed by atoms with van der Waals surface area (Å²) in [6.45, 7) is 2.46. The number of hydrogen-bond donors (Lipinski definition) is 0. The van der Waals surface area contributed by atoms with Gasteiger partial charge in [0, 0.05) is 12.6 Å². The topological polar surface area (TPSA) is 61.2 Å². The lowest BCUT2D eigenvalue weighted by atomic mass is 10.0. The third kappa shape index (κ3) is 3.09. The average molecular weight is 310 g/mol. The van der Waals surface area contributed by atoms with Crippen LogP contribution in [-0.4, -0.2) is 25.3 Å². The molecule has 1 aliphatic rings. The molecule has 1 unspecified atom stereocenters. The van der Waals surface area contributed by atoms with Gasteiger partial charge in [-0.05, 0) is 31.4 Å². The first-order valence-electron chi connectivity index (χ1n) is 7.22. The maximum Gasteiger partial charge on any atom is 0.244 e. The Morgan fingerprint density at radius 1 is 1.43 bits per heavy atom. The molecule has 6 heteroatoms. The number of benzene rings is 1. The molecule has 1 atom stereocenters. The van der Waals surface area contributed by atoms with Gasteiger partial charge in [-0.3, -0.25) is 0 Å².